The summed E-state index contributed by atoms with van der Waals surface area (Å²) in [5.41, 5.74) is 7.06. The number of primary amides is 1. The average Bonchev–Trinajstić information content (AvgIpc) is 2.47. The van der Waals surface area contributed by atoms with Gasteiger partial charge in [0, 0.05) is 26.3 Å². The topological polar surface area (TPSA) is 83.3 Å². The van der Waals surface area contributed by atoms with Gasteiger partial charge in [-0.25, -0.2) is 0 Å². The van der Waals surface area contributed by atoms with Gasteiger partial charge in [-0.3, -0.25) is 9.78 Å². The summed E-state index contributed by atoms with van der Waals surface area (Å²) in [4.78, 5) is 18.0. The van der Waals surface area contributed by atoms with E-state index in [0.717, 1.165) is 24.5 Å². The Bertz CT molecular complexity index is 454. The lowest BCUT2D eigenvalue weighted by Gasteiger charge is -2.40. The normalized spacial score (nSPS) is 18.1. The Morgan fingerprint density at radius 2 is 2.11 bits per heavy atom. The highest BCUT2D eigenvalue weighted by Gasteiger charge is 2.38. The van der Waals surface area contributed by atoms with Crippen LogP contribution in [0.2, 0.25) is 0 Å². The molecule has 1 aromatic heterocycles. The fourth-order valence-corrected chi connectivity index (χ4v) is 2.60. The van der Waals surface area contributed by atoms with Gasteiger partial charge in [0.1, 0.15) is 5.54 Å². The molecule has 0 radical (unpaired) electrons. The number of amides is 1. The van der Waals surface area contributed by atoms with E-state index < -0.39 is 5.54 Å². The molecular formula is C13H21N5O. The van der Waals surface area contributed by atoms with E-state index in [-0.39, 0.29) is 5.91 Å². The van der Waals surface area contributed by atoms with Gasteiger partial charge in [-0.1, -0.05) is 0 Å². The van der Waals surface area contributed by atoms with Crippen molar-refractivity contribution in [3.63, 3.8) is 0 Å². The van der Waals surface area contributed by atoms with Crippen molar-refractivity contribution >= 4 is 17.3 Å². The molecular weight excluding hydrogens is 242 g/mol. The van der Waals surface area contributed by atoms with Crippen LogP contribution in [0.15, 0.2) is 18.5 Å². The number of nitrogens with two attached hydrogens (primary N) is 1. The van der Waals surface area contributed by atoms with Crippen molar-refractivity contribution in [2.45, 2.75) is 18.4 Å². The Kier molecular flexibility index (Phi) is 3.90. The van der Waals surface area contributed by atoms with Gasteiger partial charge in [0.2, 0.25) is 5.91 Å². The van der Waals surface area contributed by atoms with Gasteiger partial charge in [-0.05, 0) is 26.0 Å². The minimum atomic E-state index is -0.566. The third kappa shape index (κ3) is 2.49. The standard InChI is InChI=1S/C13H21N5O/c1-15-10-9-17-6-3-11(10)18-7-4-13(16-2,5-8-18)12(14)19/h3,6,9,15-16H,4-5,7-8H2,1-2H3,(H2,14,19). The summed E-state index contributed by atoms with van der Waals surface area (Å²) in [5, 5.41) is 6.23. The largest absolute Gasteiger partial charge is 0.385 e. The first-order chi connectivity index (χ1) is 9.13. The monoisotopic (exact) mass is 263 g/mol. The summed E-state index contributed by atoms with van der Waals surface area (Å²) < 4.78 is 0. The molecule has 1 aromatic rings. The van der Waals surface area contributed by atoms with Crippen LogP contribution in [0.4, 0.5) is 11.4 Å². The lowest BCUT2D eigenvalue weighted by Crippen LogP contribution is -2.59. The van der Waals surface area contributed by atoms with E-state index in [4.69, 9.17) is 5.73 Å². The van der Waals surface area contributed by atoms with Crippen molar-refractivity contribution in [3.05, 3.63) is 18.5 Å². The molecule has 0 atom stereocenters. The van der Waals surface area contributed by atoms with Crippen molar-refractivity contribution in [1.29, 1.82) is 0 Å². The van der Waals surface area contributed by atoms with E-state index in [1.807, 2.05) is 19.3 Å². The fourth-order valence-electron chi connectivity index (χ4n) is 2.60. The summed E-state index contributed by atoms with van der Waals surface area (Å²) in [7, 11) is 3.68. The first-order valence-electron chi connectivity index (χ1n) is 6.48. The molecule has 0 aliphatic carbocycles. The molecule has 1 amide bonds. The maximum Gasteiger partial charge on any atom is 0.237 e. The van der Waals surface area contributed by atoms with E-state index in [0.29, 0.717) is 12.8 Å². The van der Waals surface area contributed by atoms with Crippen LogP contribution in [0.3, 0.4) is 0 Å². The molecule has 19 heavy (non-hydrogen) atoms. The van der Waals surface area contributed by atoms with E-state index in [9.17, 15) is 4.79 Å². The minimum Gasteiger partial charge on any atom is -0.385 e. The first-order valence-corrected chi connectivity index (χ1v) is 6.48. The second kappa shape index (κ2) is 5.44. The summed E-state index contributed by atoms with van der Waals surface area (Å²) in [6, 6.07) is 1.99. The molecule has 6 heteroatoms. The SMILES string of the molecule is CNc1cnccc1N1CCC(NC)(C(N)=O)CC1. The number of aromatic nitrogens is 1. The average molecular weight is 263 g/mol. The molecule has 2 heterocycles. The zero-order chi connectivity index (χ0) is 13.9. The van der Waals surface area contributed by atoms with E-state index in [2.05, 4.69) is 20.5 Å². The van der Waals surface area contributed by atoms with E-state index in [1.54, 1.807) is 13.2 Å². The van der Waals surface area contributed by atoms with Gasteiger partial charge < -0.3 is 21.3 Å². The van der Waals surface area contributed by atoms with E-state index in [1.165, 1.54) is 0 Å². The molecule has 4 N–H and O–H groups in total. The number of anilines is 2. The lowest BCUT2D eigenvalue weighted by atomic mass is 9.86. The number of pyridine rings is 1. The van der Waals surface area contributed by atoms with Crippen LogP contribution in [0, 0.1) is 0 Å². The smallest absolute Gasteiger partial charge is 0.237 e. The Balaban J connectivity index is 2.13. The number of carbonyl (C=O) groups excluding carboxylic acids is 1. The summed E-state index contributed by atoms with van der Waals surface area (Å²) in [5.74, 6) is -0.266. The highest BCUT2D eigenvalue weighted by molar-refractivity contribution is 5.85. The molecule has 1 aliphatic rings. The third-order valence-electron chi connectivity index (χ3n) is 3.98. The molecule has 0 spiro atoms. The van der Waals surface area contributed by atoms with Crippen molar-refractivity contribution in [2.75, 3.05) is 37.4 Å². The van der Waals surface area contributed by atoms with Crippen LogP contribution in [-0.2, 0) is 4.79 Å². The van der Waals surface area contributed by atoms with Crippen LogP contribution in [0.25, 0.3) is 0 Å². The number of hydrogen-bond acceptors (Lipinski definition) is 5. The number of rotatable bonds is 4. The molecule has 0 aromatic carbocycles. The molecule has 1 saturated heterocycles. The van der Waals surface area contributed by atoms with Crippen LogP contribution < -0.4 is 21.3 Å². The second-order valence-electron chi connectivity index (χ2n) is 4.83. The number of likely N-dealkylation sites (N-methyl/N-ethyl adjacent to an activating group) is 1. The number of hydrogen-bond donors (Lipinski definition) is 3. The molecule has 2 rings (SSSR count). The Labute approximate surface area is 113 Å². The molecule has 0 saturated carbocycles. The van der Waals surface area contributed by atoms with Crippen LogP contribution in [-0.4, -0.2) is 43.6 Å². The van der Waals surface area contributed by atoms with Crippen LogP contribution >= 0.6 is 0 Å². The molecule has 104 valence electrons. The Morgan fingerprint density at radius 3 is 2.63 bits per heavy atom. The maximum atomic E-state index is 11.6. The van der Waals surface area contributed by atoms with Crippen molar-refractivity contribution in [2.24, 2.45) is 5.73 Å². The van der Waals surface area contributed by atoms with Gasteiger partial charge in [0.05, 0.1) is 17.6 Å². The Hall–Kier alpha value is -1.82. The molecule has 1 aliphatic heterocycles. The number of piperidine rings is 1. The summed E-state index contributed by atoms with van der Waals surface area (Å²) in [6.07, 6.45) is 5.02. The molecule has 1 fully saturated rings. The van der Waals surface area contributed by atoms with Gasteiger partial charge in [0.15, 0.2) is 0 Å². The second-order valence-corrected chi connectivity index (χ2v) is 4.83. The van der Waals surface area contributed by atoms with Crippen molar-refractivity contribution < 1.29 is 4.79 Å². The van der Waals surface area contributed by atoms with Crippen molar-refractivity contribution in [3.8, 4) is 0 Å². The minimum absolute atomic E-state index is 0.266. The maximum absolute atomic E-state index is 11.6. The van der Waals surface area contributed by atoms with Gasteiger partial charge in [0.25, 0.3) is 0 Å². The van der Waals surface area contributed by atoms with Crippen LogP contribution in [0.1, 0.15) is 12.8 Å². The third-order valence-corrected chi connectivity index (χ3v) is 3.98. The van der Waals surface area contributed by atoms with Gasteiger partial charge in [-0.2, -0.15) is 0 Å². The van der Waals surface area contributed by atoms with Crippen LogP contribution in [0.5, 0.6) is 0 Å². The molecule has 0 bridgehead atoms. The fraction of sp³-hybridized carbons (Fsp3) is 0.538. The number of nitrogens with one attached hydrogen (secondary N) is 2. The molecule has 0 unspecified atom stereocenters. The highest BCUT2D eigenvalue weighted by Crippen LogP contribution is 2.30. The van der Waals surface area contributed by atoms with Gasteiger partial charge in [-0.15, -0.1) is 0 Å². The quantitative estimate of drug-likeness (QED) is 0.721. The Morgan fingerprint density at radius 1 is 1.42 bits per heavy atom. The summed E-state index contributed by atoms with van der Waals surface area (Å²) in [6.45, 7) is 1.59. The van der Waals surface area contributed by atoms with E-state index >= 15 is 0 Å². The highest BCUT2D eigenvalue weighted by atomic mass is 16.1. The number of carbonyl (C=O) groups is 1. The predicted molar refractivity (Wildman–Crippen MR) is 76.2 cm³/mol. The van der Waals surface area contributed by atoms with Gasteiger partial charge >= 0.3 is 0 Å². The zero-order valence-corrected chi connectivity index (χ0v) is 11.4. The first kappa shape index (κ1) is 13.6. The molecule has 6 nitrogen and oxygen atoms in total. The number of nitrogens with zero attached hydrogens (tertiary/aromatic N) is 2. The lowest BCUT2D eigenvalue weighted by molar-refractivity contribution is -0.125. The van der Waals surface area contributed by atoms with Crippen molar-refractivity contribution in [1.82, 2.24) is 10.3 Å². The summed E-state index contributed by atoms with van der Waals surface area (Å²) >= 11 is 0. The predicted octanol–water partition coefficient (Wildman–Crippen LogP) is 0.167. The zero-order valence-electron chi connectivity index (χ0n) is 11.4.